The lowest BCUT2D eigenvalue weighted by Crippen LogP contribution is -2.40. The first-order valence-electron chi connectivity index (χ1n) is 7.21. The molecule has 0 heterocycles. The third-order valence-electron chi connectivity index (χ3n) is 3.38. The zero-order valence-corrected chi connectivity index (χ0v) is 12.8. The van der Waals surface area contributed by atoms with Crippen LogP contribution in [0.4, 0.5) is 0 Å². The Morgan fingerprint density at radius 3 is 2.33 bits per heavy atom. The van der Waals surface area contributed by atoms with Crippen molar-refractivity contribution in [3.63, 3.8) is 0 Å². The Bertz CT molecular complexity index is 215. The number of carbonyl (C=O) groups excluding carboxylic acids is 1. The summed E-state index contributed by atoms with van der Waals surface area (Å²) in [5, 5.41) is 6.22. The second-order valence-corrected chi connectivity index (χ2v) is 5.19. The smallest absolute Gasteiger partial charge is 0.234 e. The molecule has 0 unspecified atom stereocenters. The maximum absolute atomic E-state index is 11.6. The van der Waals surface area contributed by atoms with Crippen LogP contribution < -0.4 is 10.6 Å². The van der Waals surface area contributed by atoms with E-state index in [4.69, 9.17) is 0 Å². The Labute approximate surface area is 113 Å². The van der Waals surface area contributed by atoms with Crippen LogP contribution in [0.2, 0.25) is 0 Å². The lowest BCUT2D eigenvalue weighted by Gasteiger charge is -2.20. The van der Waals surface area contributed by atoms with Crippen molar-refractivity contribution in [1.82, 2.24) is 15.5 Å². The van der Waals surface area contributed by atoms with Crippen LogP contribution in [0.1, 0.15) is 47.0 Å². The van der Waals surface area contributed by atoms with Gasteiger partial charge in [0.05, 0.1) is 6.54 Å². The number of nitrogens with one attached hydrogen (secondary N) is 2. The van der Waals surface area contributed by atoms with Gasteiger partial charge in [0.15, 0.2) is 0 Å². The number of hydrogen-bond donors (Lipinski definition) is 2. The third-order valence-corrected chi connectivity index (χ3v) is 3.38. The molecule has 1 amide bonds. The van der Waals surface area contributed by atoms with Gasteiger partial charge in [-0.25, -0.2) is 0 Å². The van der Waals surface area contributed by atoms with Gasteiger partial charge in [0, 0.05) is 12.1 Å². The van der Waals surface area contributed by atoms with E-state index in [2.05, 4.69) is 50.3 Å². The Kier molecular flexibility index (Phi) is 9.98. The van der Waals surface area contributed by atoms with Crippen LogP contribution in [0.15, 0.2) is 0 Å². The number of carbonyl (C=O) groups is 1. The Morgan fingerprint density at radius 1 is 1.22 bits per heavy atom. The topological polar surface area (TPSA) is 44.4 Å². The van der Waals surface area contributed by atoms with Gasteiger partial charge in [-0.3, -0.25) is 4.79 Å². The highest BCUT2D eigenvalue weighted by molar-refractivity contribution is 5.78. The van der Waals surface area contributed by atoms with Crippen molar-refractivity contribution in [2.24, 2.45) is 0 Å². The van der Waals surface area contributed by atoms with Crippen molar-refractivity contribution in [1.29, 1.82) is 0 Å². The first kappa shape index (κ1) is 17.4. The summed E-state index contributed by atoms with van der Waals surface area (Å²) in [5.41, 5.74) is 0. The van der Waals surface area contributed by atoms with Gasteiger partial charge in [0.25, 0.3) is 0 Å². The van der Waals surface area contributed by atoms with Crippen LogP contribution in [0.25, 0.3) is 0 Å². The van der Waals surface area contributed by atoms with E-state index in [-0.39, 0.29) is 5.91 Å². The van der Waals surface area contributed by atoms with E-state index in [0.717, 1.165) is 32.4 Å². The molecule has 0 spiro atoms. The summed E-state index contributed by atoms with van der Waals surface area (Å²) in [4.78, 5) is 13.9. The summed E-state index contributed by atoms with van der Waals surface area (Å²) in [7, 11) is 2.13. The van der Waals surface area contributed by atoms with Gasteiger partial charge in [-0.1, -0.05) is 13.8 Å². The van der Waals surface area contributed by atoms with Crippen LogP contribution in [-0.4, -0.2) is 49.6 Å². The molecule has 0 aliphatic heterocycles. The minimum Gasteiger partial charge on any atom is -0.352 e. The maximum atomic E-state index is 11.6. The van der Waals surface area contributed by atoms with Crippen molar-refractivity contribution in [3.05, 3.63) is 0 Å². The second-order valence-electron chi connectivity index (χ2n) is 5.19. The minimum absolute atomic E-state index is 0.112. The fourth-order valence-electron chi connectivity index (χ4n) is 1.69. The fourth-order valence-corrected chi connectivity index (χ4v) is 1.69. The van der Waals surface area contributed by atoms with E-state index >= 15 is 0 Å². The highest BCUT2D eigenvalue weighted by atomic mass is 16.1. The van der Waals surface area contributed by atoms with Crippen molar-refractivity contribution in [2.75, 3.05) is 26.7 Å². The van der Waals surface area contributed by atoms with Crippen molar-refractivity contribution in [3.8, 4) is 0 Å². The molecule has 0 fully saturated rings. The lowest BCUT2D eigenvalue weighted by molar-refractivity contribution is -0.121. The summed E-state index contributed by atoms with van der Waals surface area (Å²) in [6, 6.07) is 0.912. The molecule has 0 aromatic carbocycles. The average molecular weight is 257 g/mol. The first-order valence-corrected chi connectivity index (χ1v) is 7.21. The predicted octanol–water partition coefficient (Wildman–Crippen LogP) is 1.61. The molecule has 108 valence electrons. The molecule has 0 aromatic heterocycles. The fraction of sp³-hybridized carbons (Fsp3) is 0.929. The normalized spacial score (nSPS) is 11.6. The van der Waals surface area contributed by atoms with Crippen LogP contribution in [-0.2, 0) is 4.79 Å². The third kappa shape index (κ3) is 8.48. The molecule has 4 nitrogen and oxygen atoms in total. The summed E-state index contributed by atoms with van der Waals surface area (Å²) in [6.07, 6.45) is 3.08. The van der Waals surface area contributed by atoms with Crippen LogP contribution in [0.5, 0.6) is 0 Å². The van der Waals surface area contributed by atoms with Gasteiger partial charge in [-0.05, 0) is 53.2 Å². The van der Waals surface area contributed by atoms with E-state index in [9.17, 15) is 4.79 Å². The van der Waals surface area contributed by atoms with Crippen molar-refractivity contribution in [2.45, 2.75) is 59.0 Å². The van der Waals surface area contributed by atoms with E-state index in [0.29, 0.717) is 18.6 Å². The molecule has 0 aromatic rings. The summed E-state index contributed by atoms with van der Waals surface area (Å²) in [5.74, 6) is 0.112. The number of nitrogens with zero attached hydrogens (tertiary/aromatic N) is 1. The molecule has 0 atom stereocenters. The number of rotatable bonds is 10. The number of hydrogen-bond acceptors (Lipinski definition) is 3. The minimum atomic E-state index is 0.112. The molecule has 0 radical (unpaired) electrons. The van der Waals surface area contributed by atoms with Crippen LogP contribution in [0.3, 0.4) is 0 Å². The van der Waals surface area contributed by atoms with E-state index < -0.39 is 0 Å². The van der Waals surface area contributed by atoms with Crippen LogP contribution in [0, 0.1) is 0 Å². The number of amides is 1. The van der Waals surface area contributed by atoms with Gasteiger partial charge in [0.2, 0.25) is 5.91 Å². The molecule has 0 rings (SSSR count). The molecule has 0 aliphatic rings. The molecular formula is C14H31N3O. The standard InChI is InChI=1S/C14H31N3O/c1-6-13(7-2)16-14(18)11-15-9-8-10-17(5)12(3)4/h12-13,15H,6-11H2,1-5H3,(H,16,18). The first-order chi connectivity index (χ1) is 8.51. The SMILES string of the molecule is CCC(CC)NC(=O)CNCCCN(C)C(C)C. The van der Waals surface area contributed by atoms with Crippen LogP contribution >= 0.6 is 0 Å². The van der Waals surface area contributed by atoms with E-state index in [1.807, 2.05) is 0 Å². The molecular weight excluding hydrogens is 226 g/mol. The summed E-state index contributed by atoms with van der Waals surface area (Å²) < 4.78 is 0. The quantitative estimate of drug-likeness (QED) is 0.584. The largest absolute Gasteiger partial charge is 0.352 e. The zero-order valence-electron chi connectivity index (χ0n) is 12.8. The molecule has 4 heteroatoms. The van der Waals surface area contributed by atoms with E-state index in [1.54, 1.807) is 0 Å². The zero-order chi connectivity index (χ0) is 14.0. The van der Waals surface area contributed by atoms with Gasteiger partial charge in [-0.2, -0.15) is 0 Å². The Balaban J connectivity index is 3.51. The summed E-state index contributed by atoms with van der Waals surface area (Å²) in [6.45, 7) is 11.0. The molecule has 0 saturated heterocycles. The highest BCUT2D eigenvalue weighted by Gasteiger charge is 2.07. The van der Waals surface area contributed by atoms with Gasteiger partial charge in [-0.15, -0.1) is 0 Å². The Hall–Kier alpha value is -0.610. The lowest BCUT2D eigenvalue weighted by atomic mass is 10.2. The van der Waals surface area contributed by atoms with Gasteiger partial charge in [0.1, 0.15) is 0 Å². The average Bonchev–Trinajstić information content (AvgIpc) is 2.35. The summed E-state index contributed by atoms with van der Waals surface area (Å²) >= 11 is 0. The van der Waals surface area contributed by atoms with E-state index in [1.165, 1.54) is 0 Å². The highest BCUT2D eigenvalue weighted by Crippen LogP contribution is 1.95. The monoisotopic (exact) mass is 257 g/mol. The second kappa shape index (κ2) is 10.3. The Morgan fingerprint density at radius 2 is 1.83 bits per heavy atom. The maximum Gasteiger partial charge on any atom is 0.234 e. The predicted molar refractivity (Wildman–Crippen MR) is 77.8 cm³/mol. The molecule has 2 N–H and O–H groups in total. The molecule has 18 heavy (non-hydrogen) atoms. The molecule has 0 saturated carbocycles. The molecule has 0 bridgehead atoms. The molecule has 0 aliphatic carbocycles. The van der Waals surface area contributed by atoms with Gasteiger partial charge >= 0.3 is 0 Å². The van der Waals surface area contributed by atoms with Gasteiger partial charge < -0.3 is 15.5 Å². The van der Waals surface area contributed by atoms with Crippen molar-refractivity contribution < 1.29 is 4.79 Å². The van der Waals surface area contributed by atoms with Crippen molar-refractivity contribution >= 4 is 5.91 Å².